The maximum Gasteiger partial charge on any atom is 0.405 e. The van der Waals surface area contributed by atoms with Gasteiger partial charge in [0.15, 0.2) is 0 Å². The van der Waals surface area contributed by atoms with E-state index in [9.17, 15) is 17.6 Å². The summed E-state index contributed by atoms with van der Waals surface area (Å²) in [6.45, 7) is 1.25. The Bertz CT molecular complexity index is 970. The molecule has 2 heterocycles. The number of rotatable bonds is 3. The van der Waals surface area contributed by atoms with Crippen LogP contribution in [-0.2, 0) is 6.54 Å². The van der Waals surface area contributed by atoms with Crippen molar-refractivity contribution in [2.24, 2.45) is 0 Å². The second-order valence-electron chi connectivity index (χ2n) is 7.00. The van der Waals surface area contributed by atoms with Crippen LogP contribution in [0.25, 0.3) is 22.0 Å². The Morgan fingerprint density at radius 3 is 2.61 bits per heavy atom. The van der Waals surface area contributed by atoms with Gasteiger partial charge in [-0.3, -0.25) is 9.88 Å². The third-order valence-corrected chi connectivity index (χ3v) is 5.02. The molecule has 7 heteroatoms. The fourth-order valence-corrected chi connectivity index (χ4v) is 3.61. The number of nitrogens with zero attached hydrogens (tertiary/aromatic N) is 2. The maximum atomic E-state index is 13.2. The molecule has 0 aliphatic carbocycles. The van der Waals surface area contributed by atoms with E-state index in [1.54, 1.807) is 23.2 Å². The van der Waals surface area contributed by atoms with Gasteiger partial charge in [0.2, 0.25) is 0 Å². The standard InChI is InChI=1S/C21H19F4N3/c22-16-4-2-15(3-5-16)17-7-8-26-19-11-14(1-6-18(17)19)12-28-10-9-27-20(13-28)21(23,24)25/h1-8,11,20,27H,9-10,12-13H2. The minimum absolute atomic E-state index is 0.0649. The van der Waals surface area contributed by atoms with Gasteiger partial charge < -0.3 is 5.32 Å². The topological polar surface area (TPSA) is 28.2 Å². The van der Waals surface area contributed by atoms with Crippen molar-refractivity contribution < 1.29 is 17.6 Å². The summed E-state index contributed by atoms with van der Waals surface area (Å²) in [4.78, 5) is 6.21. The van der Waals surface area contributed by atoms with Crippen LogP contribution in [0.5, 0.6) is 0 Å². The van der Waals surface area contributed by atoms with Crippen molar-refractivity contribution in [2.45, 2.75) is 18.8 Å². The fourth-order valence-electron chi connectivity index (χ4n) is 3.61. The number of hydrogen-bond donors (Lipinski definition) is 1. The number of alkyl halides is 3. The first-order chi connectivity index (χ1) is 13.4. The molecular formula is C21H19F4N3. The van der Waals surface area contributed by atoms with Crippen LogP contribution in [0.2, 0.25) is 0 Å². The lowest BCUT2D eigenvalue weighted by molar-refractivity contribution is -0.165. The number of pyridine rings is 1. The van der Waals surface area contributed by atoms with Gasteiger partial charge in [-0.2, -0.15) is 13.2 Å². The summed E-state index contributed by atoms with van der Waals surface area (Å²) >= 11 is 0. The van der Waals surface area contributed by atoms with Gasteiger partial charge in [-0.1, -0.05) is 24.3 Å². The maximum absolute atomic E-state index is 13.2. The smallest absolute Gasteiger partial charge is 0.304 e. The van der Waals surface area contributed by atoms with Gasteiger partial charge in [-0.05, 0) is 41.0 Å². The van der Waals surface area contributed by atoms with Crippen LogP contribution in [0.3, 0.4) is 0 Å². The second-order valence-corrected chi connectivity index (χ2v) is 7.00. The minimum atomic E-state index is -4.24. The molecule has 0 amide bonds. The van der Waals surface area contributed by atoms with Gasteiger partial charge >= 0.3 is 6.18 Å². The average molecular weight is 389 g/mol. The van der Waals surface area contributed by atoms with E-state index in [1.807, 2.05) is 24.3 Å². The molecule has 3 aromatic rings. The van der Waals surface area contributed by atoms with Crippen LogP contribution >= 0.6 is 0 Å². The summed E-state index contributed by atoms with van der Waals surface area (Å²) in [6.07, 6.45) is -2.55. The Hall–Kier alpha value is -2.51. The van der Waals surface area contributed by atoms with Crippen molar-refractivity contribution in [3.8, 4) is 11.1 Å². The molecule has 2 aromatic carbocycles. The fraction of sp³-hybridized carbons (Fsp3) is 0.286. The largest absolute Gasteiger partial charge is 0.405 e. The molecule has 146 valence electrons. The Balaban J connectivity index is 1.58. The van der Waals surface area contributed by atoms with Gasteiger partial charge in [0.25, 0.3) is 0 Å². The highest BCUT2D eigenvalue weighted by atomic mass is 19.4. The third-order valence-electron chi connectivity index (χ3n) is 5.02. The van der Waals surface area contributed by atoms with Crippen molar-refractivity contribution in [3.63, 3.8) is 0 Å². The summed E-state index contributed by atoms with van der Waals surface area (Å²) < 4.78 is 52.1. The summed E-state index contributed by atoms with van der Waals surface area (Å²) in [5.41, 5.74) is 3.51. The first-order valence-electron chi connectivity index (χ1n) is 9.06. The van der Waals surface area contributed by atoms with Crippen molar-refractivity contribution in [1.82, 2.24) is 15.2 Å². The molecule has 1 aromatic heterocycles. The minimum Gasteiger partial charge on any atom is -0.304 e. The molecule has 28 heavy (non-hydrogen) atoms. The number of hydrogen-bond acceptors (Lipinski definition) is 3. The van der Waals surface area contributed by atoms with E-state index in [0.717, 1.165) is 27.6 Å². The monoisotopic (exact) mass is 389 g/mol. The normalized spacial score (nSPS) is 18.5. The Kier molecular flexibility index (Phi) is 5.03. The molecule has 1 atom stereocenters. The zero-order valence-corrected chi connectivity index (χ0v) is 15.0. The first-order valence-corrected chi connectivity index (χ1v) is 9.06. The van der Waals surface area contributed by atoms with Gasteiger partial charge in [0.05, 0.1) is 5.52 Å². The highest BCUT2D eigenvalue weighted by molar-refractivity contribution is 5.94. The lowest BCUT2D eigenvalue weighted by atomic mass is 10.00. The number of halogens is 4. The summed E-state index contributed by atoms with van der Waals surface area (Å²) in [5.74, 6) is -0.294. The number of aromatic nitrogens is 1. The van der Waals surface area contributed by atoms with Crippen LogP contribution in [0.1, 0.15) is 5.56 Å². The van der Waals surface area contributed by atoms with Crippen molar-refractivity contribution in [3.05, 3.63) is 66.1 Å². The zero-order chi connectivity index (χ0) is 19.7. The first kappa shape index (κ1) is 18.8. The predicted molar refractivity (Wildman–Crippen MR) is 100 cm³/mol. The molecule has 0 spiro atoms. The summed E-state index contributed by atoms with van der Waals surface area (Å²) in [5, 5.41) is 3.45. The van der Waals surface area contributed by atoms with E-state index in [0.29, 0.717) is 19.6 Å². The van der Waals surface area contributed by atoms with E-state index in [4.69, 9.17) is 0 Å². The number of benzene rings is 2. The van der Waals surface area contributed by atoms with E-state index in [1.165, 1.54) is 12.1 Å². The quantitative estimate of drug-likeness (QED) is 0.674. The van der Waals surface area contributed by atoms with E-state index in [2.05, 4.69) is 10.3 Å². The molecule has 1 aliphatic rings. The van der Waals surface area contributed by atoms with Crippen molar-refractivity contribution in [1.29, 1.82) is 0 Å². The SMILES string of the molecule is Fc1ccc(-c2ccnc3cc(CN4CCNC(C(F)(F)F)C4)ccc23)cc1. The lowest BCUT2D eigenvalue weighted by Crippen LogP contribution is -2.56. The Morgan fingerprint density at radius 1 is 1.07 bits per heavy atom. The number of piperazine rings is 1. The van der Waals surface area contributed by atoms with Gasteiger partial charge in [0.1, 0.15) is 11.9 Å². The molecule has 1 fully saturated rings. The summed E-state index contributed by atoms with van der Waals surface area (Å²) in [7, 11) is 0. The van der Waals surface area contributed by atoms with Gasteiger partial charge in [-0.25, -0.2) is 4.39 Å². The Morgan fingerprint density at radius 2 is 1.86 bits per heavy atom. The van der Waals surface area contributed by atoms with Crippen LogP contribution in [-0.4, -0.2) is 41.7 Å². The number of fused-ring (bicyclic) bond motifs is 1. The lowest BCUT2D eigenvalue weighted by Gasteiger charge is -2.34. The molecule has 4 rings (SSSR count). The van der Waals surface area contributed by atoms with Crippen molar-refractivity contribution >= 4 is 10.9 Å². The predicted octanol–water partition coefficient (Wildman–Crippen LogP) is 4.38. The average Bonchev–Trinajstić information content (AvgIpc) is 2.68. The molecule has 1 saturated heterocycles. The van der Waals surface area contributed by atoms with Gasteiger partial charge in [-0.15, -0.1) is 0 Å². The van der Waals surface area contributed by atoms with Crippen LogP contribution in [0.15, 0.2) is 54.7 Å². The van der Waals surface area contributed by atoms with E-state index < -0.39 is 12.2 Å². The van der Waals surface area contributed by atoms with Gasteiger partial charge in [0, 0.05) is 37.8 Å². The highest BCUT2D eigenvalue weighted by Crippen LogP contribution is 2.29. The molecular weight excluding hydrogens is 370 g/mol. The van der Waals surface area contributed by atoms with E-state index >= 15 is 0 Å². The molecule has 0 saturated carbocycles. The molecule has 1 unspecified atom stereocenters. The third kappa shape index (κ3) is 4.00. The summed E-state index contributed by atoms with van der Waals surface area (Å²) in [6, 6.07) is 12.4. The molecule has 1 N–H and O–H groups in total. The van der Waals surface area contributed by atoms with E-state index in [-0.39, 0.29) is 12.4 Å². The Labute approximate surface area is 160 Å². The van der Waals surface area contributed by atoms with Crippen LogP contribution in [0, 0.1) is 5.82 Å². The second kappa shape index (κ2) is 7.48. The number of nitrogens with one attached hydrogen (secondary N) is 1. The molecule has 0 bridgehead atoms. The molecule has 1 aliphatic heterocycles. The highest BCUT2D eigenvalue weighted by Gasteiger charge is 2.41. The van der Waals surface area contributed by atoms with Crippen LogP contribution < -0.4 is 5.32 Å². The molecule has 3 nitrogen and oxygen atoms in total. The molecule has 0 radical (unpaired) electrons. The van der Waals surface area contributed by atoms with Crippen LogP contribution in [0.4, 0.5) is 17.6 Å². The zero-order valence-electron chi connectivity index (χ0n) is 15.0. The van der Waals surface area contributed by atoms with Crippen molar-refractivity contribution in [2.75, 3.05) is 19.6 Å².